The molecule has 0 aliphatic rings. The molecule has 0 bridgehead atoms. The van der Waals surface area contributed by atoms with Crippen molar-refractivity contribution >= 4 is 40.3 Å². The first-order chi connectivity index (χ1) is 11.9. The monoisotopic (exact) mass is 380 g/mol. The Morgan fingerprint density at radius 2 is 2.00 bits per heavy atom. The topological polar surface area (TPSA) is 74.3 Å². The van der Waals surface area contributed by atoms with Gasteiger partial charge in [-0.1, -0.05) is 29.3 Å². The van der Waals surface area contributed by atoms with Crippen molar-refractivity contribution in [3.63, 3.8) is 0 Å². The van der Waals surface area contributed by atoms with Crippen LogP contribution in [0.5, 0.6) is 0 Å². The number of rotatable bonds is 4. The van der Waals surface area contributed by atoms with Gasteiger partial charge in [-0.25, -0.2) is 9.78 Å². The van der Waals surface area contributed by atoms with Crippen molar-refractivity contribution in [3.8, 4) is 0 Å². The number of halogens is 2. The number of furan rings is 1. The lowest BCUT2D eigenvalue weighted by Crippen LogP contribution is -2.22. The second-order valence-corrected chi connectivity index (χ2v) is 6.13. The van der Waals surface area contributed by atoms with E-state index in [1.54, 1.807) is 32.0 Å². The average Bonchev–Trinajstić information content (AvgIpc) is 2.90. The number of hydrogen-bond donors (Lipinski definition) is 0. The van der Waals surface area contributed by atoms with E-state index in [0.717, 1.165) is 0 Å². The van der Waals surface area contributed by atoms with Gasteiger partial charge in [0.2, 0.25) is 5.71 Å². The van der Waals surface area contributed by atoms with Crippen LogP contribution in [-0.2, 0) is 11.3 Å². The molecule has 3 rings (SSSR count). The maximum atomic E-state index is 12.9. The molecular formula is C17H14Cl2N2O4. The van der Waals surface area contributed by atoms with Gasteiger partial charge in [0.05, 0.1) is 13.2 Å². The Kier molecular flexibility index (Phi) is 4.83. The Morgan fingerprint density at radius 3 is 2.64 bits per heavy atom. The minimum absolute atomic E-state index is 0.0848. The van der Waals surface area contributed by atoms with E-state index >= 15 is 0 Å². The molecule has 3 aromatic rings. The van der Waals surface area contributed by atoms with Crippen LogP contribution >= 0.6 is 23.2 Å². The van der Waals surface area contributed by atoms with E-state index in [-0.39, 0.29) is 35.6 Å². The van der Waals surface area contributed by atoms with Gasteiger partial charge in [0, 0.05) is 15.6 Å². The number of fused-ring (bicyclic) bond motifs is 1. The van der Waals surface area contributed by atoms with Crippen LogP contribution in [0.15, 0.2) is 33.7 Å². The average molecular weight is 381 g/mol. The van der Waals surface area contributed by atoms with Gasteiger partial charge in [-0.05, 0) is 26.0 Å². The minimum Gasteiger partial charge on any atom is -0.462 e. The molecule has 0 unspecified atom stereocenters. The predicted molar refractivity (Wildman–Crippen MR) is 94.5 cm³/mol. The van der Waals surface area contributed by atoms with E-state index in [9.17, 15) is 9.59 Å². The summed E-state index contributed by atoms with van der Waals surface area (Å²) in [6.07, 6.45) is 1.34. The van der Waals surface area contributed by atoms with Crippen LogP contribution in [0.2, 0.25) is 10.0 Å². The summed E-state index contributed by atoms with van der Waals surface area (Å²) in [6.45, 7) is 3.58. The minimum atomic E-state index is -0.619. The summed E-state index contributed by atoms with van der Waals surface area (Å²) in [5.74, 6) is -0.335. The molecule has 0 aliphatic carbocycles. The highest BCUT2D eigenvalue weighted by molar-refractivity contribution is 6.35. The number of ether oxygens (including phenoxy) is 1. The van der Waals surface area contributed by atoms with Gasteiger partial charge >= 0.3 is 5.97 Å². The Hall–Kier alpha value is -2.31. The predicted octanol–water partition coefficient (Wildman–Crippen LogP) is 3.83. The van der Waals surface area contributed by atoms with Crippen LogP contribution < -0.4 is 5.56 Å². The van der Waals surface area contributed by atoms with E-state index < -0.39 is 11.5 Å². The maximum Gasteiger partial charge on any atom is 0.342 e. The Bertz CT molecular complexity index is 1000. The Balaban J connectivity index is 2.16. The number of benzene rings is 1. The fraction of sp³-hybridized carbons (Fsp3) is 0.235. The largest absolute Gasteiger partial charge is 0.462 e. The van der Waals surface area contributed by atoms with Crippen molar-refractivity contribution in [2.75, 3.05) is 6.61 Å². The Morgan fingerprint density at radius 1 is 1.32 bits per heavy atom. The van der Waals surface area contributed by atoms with E-state index in [4.69, 9.17) is 32.4 Å². The number of carbonyl (C=O) groups excluding carboxylic acids is 1. The SMILES string of the molecule is CCOC(=O)c1c(C)oc2ncn(Cc3c(Cl)cccc3Cl)c(=O)c12. The van der Waals surface area contributed by atoms with Gasteiger partial charge in [0.15, 0.2) is 0 Å². The van der Waals surface area contributed by atoms with Crippen molar-refractivity contribution in [3.05, 3.63) is 61.8 Å². The van der Waals surface area contributed by atoms with E-state index in [0.29, 0.717) is 15.6 Å². The summed E-state index contributed by atoms with van der Waals surface area (Å²) >= 11 is 12.3. The highest BCUT2D eigenvalue weighted by Crippen LogP contribution is 2.26. The van der Waals surface area contributed by atoms with Crippen molar-refractivity contribution in [2.24, 2.45) is 0 Å². The summed E-state index contributed by atoms with van der Waals surface area (Å²) < 4.78 is 11.8. The fourth-order valence-electron chi connectivity index (χ4n) is 2.55. The van der Waals surface area contributed by atoms with Crippen molar-refractivity contribution in [1.82, 2.24) is 9.55 Å². The molecule has 0 radical (unpaired) electrons. The zero-order valence-corrected chi connectivity index (χ0v) is 15.0. The summed E-state index contributed by atoms with van der Waals surface area (Å²) in [7, 11) is 0. The van der Waals surface area contributed by atoms with Crippen molar-refractivity contribution in [1.29, 1.82) is 0 Å². The molecule has 2 heterocycles. The molecule has 8 heteroatoms. The Labute approximate surface area is 152 Å². The van der Waals surface area contributed by atoms with Gasteiger partial charge in [-0.15, -0.1) is 0 Å². The van der Waals surface area contributed by atoms with Crippen LogP contribution in [0, 0.1) is 6.92 Å². The quantitative estimate of drug-likeness (QED) is 0.643. The molecule has 6 nitrogen and oxygen atoms in total. The van der Waals surface area contributed by atoms with Crippen LogP contribution in [0.4, 0.5) is 0 Å². The molecule has 0 fully saturated rings. The first kappa shape index (κ1) is 17.5. The van der Waals surface area contributed by atoms with Gasteiger partial charge < -0.3 is 9.15 Å². The van der Waals surface area contributed by atoms with Gasteiger partial charge in [-0.3, -0.25) is 9.36 Å². The van der Waals surface area contributed by atoms with Gasteiger partial charge in [-0.2, -0.15) is 0 Å². The summed E-state index contributed by atoms with van der Waals surface area (Å²) in [5, 5.41) is 0.962. The summed E-state index contributed by atoms with van der Waals surface area (Å²) in [6, 6.07) is 5.09. The third-order valence-corrected chi connectivity index (χ3v) is 4.43. The molecule has 0 aliphatic heterocycles. The lowest BCUT2D eigenvalue weighted by atomic mass is 10.2. The standard InChI is InChI=1S/C17H14Cl2N2O4/c1-3-24-17(23)13-9(2)25-15-14(13)16(22)21(8-20-15)7-10-11(18)5-4-6-12(10)19/h4-6,8H,3,7H2,1-2H3. The zero-order chi connectivity index (χ0) is 18.1. The number of esters is 1. The van der Waals surface area contributed by atoms with Gasteiger partial charge in [0.25, 0.3) is 5.56 Å². The number of nitrogens with zero attached hydrogens (tertiary/aromatic N) is 2. The number of aromatic nitrogens is 2. The second kappa shape index (κ2) is 6.90. The number of hydrogen-bond acceptors (Lipinski definition) is 5. The van der Waals surface area contributed by atoms with Crippen LogP contribution in [0.3, 0.4) is 0 Å². The van der Waals surface area contributed by atoms with Crippen molar-refractivity contribution in [2.45, 2.75) is 20.4 Å². The first-order valence-corrected chi connectivity index (χ1v) is 8.28. The molecule has 0 amide bonds. The molecular weight excluding hydrogens is 367 g/mol. The van der Waals surface area contributed by atoms with Crippen LogP contribution in [0.1, 0.15) is 28.6 Å². The normalized spacial score (nSPS) is 11.0. The molecule has 0 saturated heterocycles. The third-order valence-electron chi connectivity index (χ3n) is 3.72. The fourth-order valence-corrected chi connectivity index (χ4v) is 3.07. The van der Waals surface area contributed by atoms with Crippen LogP contribution in [0.25, 0.3) is 11.1 Å². The molecule has 2 aromatic heterocycles. The lowest BCUT2D eigenvalue weighted by molar-refractivity contribution is 0.0526. The van der Waals surface area contributed by atoms with Crippen LogP contribution in [-0.4, -0.2) is 22.1 Å². The van der Waals surface area contributed by atoms with E-state index in [1.165, 1.54) is 10.9 Å². The highest BCUT2D eigenvalue weighted by atomic mass is 35.5. The molecule has 25 heavy (non-hydrogen) atoms. The highest BCUT2D eigenvalue weighted by Gasteiger charge is 2.24. The molecule has 130 valence electrons. The molecule has 0 atom stereocenters. The molecule has 0 N–H and O–H groups in total. The zero-order valence-electron chi connectivity index (χ0n) is 13.5. The molecule has 1 aromatic carbocycles. The number of carbonyl (C=O) groups is 1. The smallest absolute Gasteiger partial charge is 0.342 e. The summed E-state index contributed by atoms with van der Waals surface area (Å²) in [5.41, 5.74) is 0.342. The van der Waals surface area contributed by atoms with Gasteiger partial charge in [0.1, 0.15) is 23.0 Å². The second-order valence-electron chi connectivity index (χ2n) is 5.31. The van der Waals surface area contributed by atoms with Crippen molar-refractivity contribution < 1.29 is 13.9 Å². The lowest BCUT2D eigenvalue weighted by Gasteiger charge is -2.09. The first-order valence-electron chi connectivity index (χ1n) is 7.52. The number of aryl methyl sites for hydroxylation is 1. The molecule has 0 saturated carbocycles. The van der Waals surface area contributed by atoms with E-state index in [1.807, 2.05) is 0 Å². The third kappa shape index (κ3) is 3.15. The summed E-state index contributed by atoms with van der Waals surface area (Å²) in [4.78, 5) is 29.2. The molecule has 0 spiro atoms. The maximum absolute atomic E-state index is 12.9. The van der Waals surface area contributed by atoms with E-state index in [2.05, 4.69) is 4.98 Å².